The maximum atomic E-state index is 11.0. The van der Waals surface area contributed by atoms with Gasteiger partial charge in [0.1, 0.15) is 5.78 Å². The van der Waals surface area contributed by atoms with Crippen molar-refractivity contribution in [2.75, 3.05) is 0 Å². The van der Waals surface area contributed by atoms with Gasteiger partial charge >= 0.3 is 0 Å². The summed E-state index contributed by atoms with van der Waals surface area (Å²) in [6, 6.07) is 9.81. The zero-order valence-electron chi connectivity index (χ0n) is 8.83. The molecule has 0 aliphatic heterocycles. The van der Waals surface area contributed by atoms with E-state index >= 15 is 0 Å². The molecule has 16 heavy (non-hydrogen) atoms. The highest BCUT2D eigenvalue weighted by Crippen LogP contribution is 2.21. The molecule has 0 saturated heterocycles. The van der Waals surface area contributed by atoms with Crippen molar-refractivity contribution in [2.24, 2.45) is 0 Å². The monoisotopic (exact) mass is 278 g/mol. The molecule has 0 amide bonds. The Morgan fingerprint density at radius 3 is 2.94 bits per heavy atom. The van der Waals surface area contributed by atoms with E-state index in [9.17, 15) is 4.79 Å². The van der Waals surface area contributed by atoms with E-state index in [0.29, 0.717) is 6.42 Å². The number of benzene rings is 1. The van der Waals surface area contributed by atoms with Crippen molar-refractivity contribution in [3.63, 3.8) is 0 Å². The first kappa shape index (κ1) is 11.1. The van der Waals surface area contributed by atoms with Crippen LogP contribution >= 0.6 is 15.9 Å². The molecule has 2 rings (SSSR count). The van der Waals surface area contributed by atoms with Gasteiger partial charge in [-0.2, -0.15) is 5.10 Å². The van der Waals surface area contributed by atoms with Crippen LogP contribution in [0.15, 0.2) is 34.8 Å². The van der Waals surface area contributed by atoms with Crippen LogP contribution in [-0.4, -0.2) is 16.0 Å². The van der Waals surface area contributed by atoms with E-state index in [1.54, 1.807) is 6.92 Å². The number of carbonyl (C=O) groups excluding carboxylic acids is 1. The normalized spacial score (nSPS) is 10.4. The van der Waals surface area contributed by atoms with Crippen molar-refractivity contribution in [3.8, 4) is 11.3 Å². The highest BCUT2D eigenvalue weighted by atomic mass is 79.9. The number of aromatic amines is 1. The van der Waals surface area contributed by atoms with E-state index in [-0.39, 0.29) is 5.78 Å². The van der Waals surface area contributed by atoms with Crippen LogP contribution in [0, 0.1) is 0 Å². The SMILES string of the molecule is CC(=O)Cc1cc(-c2cccc(Br)c2)n[nH]1. The summed E-state index contributed by atoms with van der Waals surface area (Å²) in [5.41, 5.74) is 2.74. The van der Waals surface area contributed by atoms with Crippen molar-refractivity contribution in [1.82, 2.24) is 10.2 Å². The Balaban J connectivity index is 2.28. The molecule has 0 spiro atoms. The topological polar surface area (TPSA) is 45.8 Å². The van der Waals surface area contributed by atoms with Gasteiger partial charge in [-0.15, -0.1) is 0 Å². The third kappa shape index (κ3) is 2.58. The molecular formula is C12H11BrN2O. The van der Waals surface area contributed by atoms with Gasteiger partial charge in [0, 0.05) is 22.2 Å². The number of hydrogen-bond donors (Lipinski definition) is 1. The average molecular weight is 279 g/mol. The second-order valence-electron chi connectivity index (χ2n) is 3.67. The largest absolute Gasteiger partial charge is 0.300 e. The summed E-state index contributed by atoms with van der Waals surface area (Å²) in [7, 11) is 0. The lowest BCUT2D eigenvalue weighted by Crippen LogP contribution is -1.95. The Morgan fingerprint density at radius 1 is 1.44 bits per heavy atom. The van der Waals surface area contributed by atoms with Crippen LogP contribution in [0.1, 0.15) is 12.6 Å². The predicted octanol–water partition coefficient (Wildman–Crippen LogP) is 2.97. The summed E-state index contributed by atoms with van der Waals surface area (Å²) in [5.74, 6) is 0.129. The van der Waals surface area contributed by atoms with E-state index in [4.69, 9.17) is 0 Å². The number of aromatic nitrogens is 2. The molecule has 1 aromatic carbocycles. The van der Waals surface area contributed by atoms with Crippen LogP contribution in [0.3, 0.4) is 0 Å². The molecule has 0 aliphatic carbocycles. The first-order chi connectivity index (χ1) is 7.65. The Morgan fingerprint density at radius 2 is 2.25 bits per heavy atom. The average Bonchev–Trinajstić information content (AvgIpc) is 2.65. The molecule has 0 unspecified atom stereocenters. The number of nitrogens with zero attached hydrogens (tertiary/aromatic N) is 1. The maximum absolute atomic E-state index is 11.0. The summed E-state index contributed by atoms with van der Waals surface area (Å²) in [6.45, 7) is 1.57. The number of nitrogens with one attached hydrogen (secondary N) is 1. The zero-order valence-corrected chi connectivity index (χ0v) is 10.4. The van der Waals surface area contributed by atoms with E-state index in [1.807, 2.05) is 30.3 Å². The highest BCUT2D eigenvalue weighted by molar-refractivity contribution is 9.10. The standard InChI is InChI=1S/C12H11BrN2O/c1-8(16)5-11-7-12(15-14-11)9-3-2-4-10(13)6-9/h2-4,6-7H,5H2,1H3,(H,14,15). The van der Waals surface area contributed by atoms with Crippen molar-refractivity contribution in [2.45, 2.75) is 13.3 Å². The molecule has 82 valence electrons. The fraction of sp³-hybridized carbons (Fsp3) is 0.167. The summed E-state index contributed by atoms with van der Waals surface area (Å²) >= 11 is 3.41. The smallest absolute Gasteiger partial charge is 0.135 e. The minimum absolute atomic E-state index is 0.129. The van der Waals surface area contributed by atoms with Gasteiger partial charge in [-0.3, -0.25) is 9.89 Å². The lowest BCUT2D eigenvalue weighted by molar-refractivity contribution is -0.116. The van der Waals surface area contributed by atoms with Gasteiger partial charge in [0.15, 0.2) is 0 Å². The molecule has 3 nitrogen and oxygen atoms in total. The van der Waals surface area contributed by atoms with Crippen molar-refractivity contribution >= 4 is 21.7 Å². The van der Waals surface area contributed by atoms with Gasteiger partial charge in [0.05, 0.1) is 5.69 Å². The third-order valence-corrected chi connectivity index (χ3v) is 2.68. The minimum atomic E-state index is 0.129. The first-order valence-electron chi connectivity index (χ1n) is 4.95. The van der Waals surface area contributed by atoms with Gasteiger partial charge < -0.3 is 0 Å². The van der Waals surface area contributed by atoms with E-state index in [1.165, 1.54) is 0 Å². The van der Waals surface area contributed by atoms with Gasteiger partial charge in [0.2, 0.25) is 0 Å². The Hall–Kier alpha value is -1.42. The third-order valence-electron chi connectivity index (χ3n) is 2.19. The lowest BCUT2D eigenvalue weighted by Gasteiger charge is -1.95. The zero-order chi connectivity index (χ0) is 11.5. The summed E-state index contributed by atoms with van der Waals surface area (Å²) < 4.78 is 1.01. The molecule has 0 atom stereocenters. The Kier molecular flexibility index (Phi) is 3.19. The fourth-order valence-electron chi connectivity index (χ4n) is 1.52. The van der Waals surface area contributed by atoms with Gasteiger partial charge in [-0.05, 0) is 25.1 Å². The molecule has 1 N–H and O–H groups in total. The van der Waals surface area contributed by atoms with E-state index in [2.05, 4.69) is 26.1 Å². The molecule has 1 heterocycles. The second kappa shape index (κ2) is 4.61. The summed E-state index contributed by atoms with van der Waals surface area (Å²) in [6.07, 6.45) is 0.404. The molecule has 4 heteroatoms. The van der Waals surface area contributed by atoms with Crippen molar-refractivity contribution in [3.05, 3.63) is 40.5 Å². The van der Waals surface area contributed by atoms with Crippen LogP contribution in [-0.2, 0) is 11.2 Å². The van der Waals surface area contributed by atoms with Crippen LogP contribution in [0.5, 0.6) is 0 Å². The molecular weight excluding hydrogens is 268 g/mol. The number of Topliss-reactive ketones (excluding diaryl/α,β-unsaturated/α-hetero) is 1. The molecule has 1 aromatic heterocycles. The number of carbonyl (C=O) groups is 1. The van der Waals surface area contributed by atoms with Crippen molar-refractivity contribution < 1.29 is 4.79 Å². The highest BCUT2D eigenvalue weighted by Gasteiger charge is 2.05. The number of H-pyrrole nitrogens is 1. The van der Waals surface area contributed by atoms with E-state index < -0.39 is 0 Å². The van der Waals surface area contributed by atoms with Gasteiger partial charge in [0.25, 0.3) is 0 Å². The molecule has 0 fully saturated rings. The lowest BCUT2D eigenvalue weighted by atomic mass is 10.1. The predicted molar refractivity (Wildman–Crippen MR) is 66.1 cm³/mol. The number of ketones is 1. The van der Waals surface area contributed by atoms with Gasteiger partial charge in [-0.1, -0.05) is 28.1 Å². The van der Waals surface area contributed by atoms with Crippen LogP contribution in [0.2, 0.25) is 0 Å². The molecule has 0 bridgehead atoms. The Labute approximate surface area is 102 Å². The summed E-state index contributed by atoms with van der Waals surface area (Å²) in [5, 5.41) is 7.05. The minimum Gasteiger partial charge on any atom is -0.300 e. The van der Waals surface area contributed by atoms with Crippen LogP contribution in [0.25, 0.3) is 11.3 Å². The quantitative estimate of drug-likeness (QED) is 0.938. The second-order valence-corrected chi connectivity index (χ2v) is 4.58. The van der Waals surface area contributed by atoms with Gasteiger partial charge in [-0.25, -0.2) is 0 Å². The molecule has 0 radical (unpaired) electrons. The number of hydrogen-bond acceptors (Lipinski definition) is 2. The molecule has 2 aromatic rings. The van der Waals surface area contributed by atoms with Crippen LogP contribution < -0.4 is 0 Å². The molecule has 0 saturated carbocycles. The maximum Gasteiger partial charge on any atom is 0.135 e. The number of rotatable bonds is 3. The van der Waals surface area contributed by atoms with Crippen molar-refractivity contribution in [1.29, 1.82) is 0 Å². The summed E-state index contributed by atoms with van der Waals surface area (Å²) in [4.78, 5) is 11.0. The van der Waals surface area contributed by atoms with Crippen LogP contribution in [0.4, 0.5) is 0 Å². The first-order valence-corrected chi connectivity index (χ1v) is 5.74. The number of halogens is 1. The Bertz CT molecular complexity index is 519. The molecule has 0 aliphatic rings. The van der Waals surface area contributed by atoms with E-state index in [0.717, 1.165) is 21.4 Å². The fourth-order valence-corrected chi connectivity index (χ4v) is 1.92.